The molecule has 5 heteroatoms. The fourth-order valence-corrected chi connectivity index (χ4v) is 1.86. The van der Waals surface area contributed by atoms with Crippen molar-refractivity contribution in [2.45, 2.75) is 18.2 Å². The minimum Gasteiger partial charge on any atom is -0.324 e. The van der Waals surface area contributed by atoms with E-state index in [9.17, 15) is 4.79 Å². The lowest BCUT2D eigenvalue weighted by Crippen LogP contribution is -2.31. The number of carbonyl (C=O) groups is 1. The molecule has 0 aliphatic heterocycles. The van der Waals surface area contributed by atoms with Gasteiger partial charge < -0.3 is 5.32 Å². The fourth-order valence-electron chi connectivity index (χ4n) is 0.862. The number of nitrogens with one attached hydrogen (secondary N) is 1. The van der Waals surface area contributed by atoms with Crippen LogP contribution in [0, 0.1) is 3.57 Å². The maximum atomic E-state index is 11.7. The monoisotopic (exact) mass is 401 g/mol. The van der Waals surface area contributed by atoms with Crippen molar-refractivity contribution in [3.63, 3.8) is 0 Å². The van der Waals surface area contributed by atoms with Crippen LogP contribution in [0.2, 0.25) is 5.02 Å². The molecule has 2 nitrogen and oxygen atoms in total. The molecule has 0 heterocycles. The van der Waals surface area contributed by atoms with Gasteiger partial charge in [-0.3, -0.25) is 4.79 Å². The number of alkyl halides is 1. The van der Waals surface area contributed by atoms with Crippen molar-refractivity contribution in [2.75, 3.05) is 5.32 Å². The van der Waals surface area contributed by atoms with Gasteiger partial charge in [-0.1, -0.05) is 27.5 Å². The predicted octanol–water partition coefficient (Wildman–Crippen LogP) is 4.06. The van der Waals surface area contributed by atoms with E-state index < -0.39 is 4.32 Å². The van der Waals surface area contributed by atoms with Gasteiger partial charge >= 0.3 is 0 Å². The zero-order chi connectivity index (χ0) is 11.6. The smallest absolute Gasteiger partial charge is 0.240 e. The van der Waals surface area contributed by atoms with Crippen molar-refractivity contribution in [3.05, 3.63) is 26.8 Å². The first kappa shape index (κ1) is 13.3. The quantitative estimate of drug-likeness (QED) is 0.587. The minimum atomic E-state index is -0.598. The third-order valence-corrected chi connectivity index (χ3v) is 3.06. The summed E-state index contributed by atoms with van der Waals surface area (Å²) in [6, 6.07) is 5.49. The third kappa shape index (κ3) is 3.92. The molecule has 0 aliphatic carbocycles. The van der Waals surface area contributed by atoms with Crippen LogP contribution in [0.25, 0.3) is 0 Å². The summed E-state index contributed by atoms with van der Waals surface area (Å²) in [5, 5.41) is 3.30. The molecular formula is C10H10BrClINO. The van der Waals surface area contributed by atoms with Crippen LogP contribution >= 0.6 is 50.1 Å². The molecule has 0 aromatic heterocycles. The number of hydrogen-bond acceptors (Lipinski definition) is 1. The second-order valence-electron chi connectivity index (χ2n) is 3.55. The standard InChI is InChI=1S/C10H10BrClINO/c1-10(2,11)9(15)14-8-4-3-6(13)5-7(8)12/h3-5H,1-2H3,(H,14,15). The molecule has 0 aliphatic rings. The lowest BCUT2D eigenvalue weighted by molar-refractivity contribution is -0.117. The van der Waals surface area contributed by atoms with Crippen LogP contribution in [0.4, 0.5) is 5.69 Å². The van der Waals surface area contributed by atoms with E-state index in [-0.39, 0.29) is 5.91 Å². The topological polar surface area (TPSA) is 29.1 Å². The lowest BCUT2D eigenvalue weighted by Gasteiger charge is -2.16. The maximum Gasteiger partial charge on any atom is 0.240 e. The molecule has 15 heavy (non-hydrogen) atoms. The summed E-state index contributed by atoms with van der Waals surface area (Å²) in [6.07, 6.45) is 0. The highest BCUT2D eigenvalue weighted by Gasteiger charge is 2.24. The van der Waals surface area contributed by atoms with Gasteiger partial charge in [0.05, 0.1) is 15.0 Å². The molecule has 0 bridgehead atoms. The molecule has 0 spiro atoms. The molecule has 0 saturated heterocycles. The highest BCUT2D eigenvalue weighted by molar-refractivity contribution is 14.1. The van der Waals surface area contributed by atoms with E-state index in [4.69, 9.17) is 11.6 Å². The fraction of sp³-hybridized carbons (Fsp3) is 0.300. The molecule has 1 amide bonds. The Morgan fingerprint density at radius 2 is 2.13 bits per heavy atom. The SMILES string of the molecule is CC(C)(Br)C(=O)Nc1ccc(I)cc1Cl. The predicted molar refractivity (Wildman–Crippen MR) is 75.8 cm³/mol. The van der Waals surface area contributed by atoms with E-state index in [0.717, 1.165) is 3.57 Å². The van der Waals surface area contributed by atoms with Gasteiger partial charge in [0, 0.05) is 3.57 Å². The number of amides is 1. The highest BCUT2D eigenvalue weighted by Crippen LogP contribution is 2.26. The van der Waals surface area contributed by atoms with Gasteiger partial charge in [-0.15, -0.1) is 0 Å². The molecular weight excluding hydrogens is 392 g/mol. The minimum absolute atomic E-state index is 0.120. The summed E-state index contributed by atoms with van der Waals surface area (Å²) in [7, 11) is 0. The van der Waals surface area contributed by atoms with E-state index in [1.54, 1.807) is 26.0 Å². The molecule has 0 radical (unpaired) electrons. The van der Waals surface area contributed by atoms with Crippen LogP contribution in [-0.4, -0.2) is 10.2 Å². The number of anilines is 1. The van der Waals surface area contributed by atoms with Gasteiger partial charge in [-0.2, -0.15) is 0 Å². The summed E-state index contributed by atoms with van der Waals surface area (Å²) in [5.74, 6) is -0.120. The van der Waals surface area contributed by atoms with Crippen molar-refractivity contribution >= 4 is 61.7 Å². The van der Waals surface area contributed by atoms with Crippen molar-refractivity contribution in [3.8, 4) is 0 Å². The van der Waals surface area contributed by atoms with Crippen LogP contribution in [0.15, 0.2) is 18.2 Å². The summed E-state index contributed by atoms with van der Waals surface area (Å²) >= 11 is 11.4. The largest absolute Gasteiger partial charge is 0.324 e. The molecule has 1 rings (SSSR count). The Bertz CT molecular complexity index is 389. The Hall–Kier alpha value is 0.190. The van der Waals surface area contributed by atoms with Crippen LogP contribution in [0.5, 0.6) is 0 Å². The number of carbonyl (C=O) groups excluding carboxylic acids is 1. The molecule has 0 unspecified atom stereocenters. The first-order valence-corrected chi connectivity index (χ1v) is 6.51. The van der Waals surface area contributed by atoms with E-state index in [1.807, 2.05) is 6.07 Å². The number of halogens is 3. The van der Waals surface area contributed by atoms with Crippen molar-refractivity contribution in [2.24, 2.45) is 0 Å². The molecule has 82 valence electrons. The molecule has 0 saturated carbocycles. The van der Waals surface area contributed by atoms with Crippen LogP contribution < -0.4 is 5.32 Å². The molecule has 1 aromatic rings. The van der Waals surface area contributed by atoms with E-state index in [1.165, 1.54) is 0 Å². The maximum absolute atomic E-state index is 11.7. The summed E-state index contributed by atoms with van der Waals surface area (Å²) in [4.78, 5) is 11.7. The number of hydrogen-bond donors (Lipinski definition) is 1. The second-order valence-corrected chi connectivity index (χ2v) is 7.19. The third-order valence-electron chi connectivity index (χ3n) is 1.72. The molecule has 1 aromatic carbocycles. The number of rotatable bonds is 2. The van der Waals surface area contributed by atoms with E-state index in [0.29, 0.717) is 10.7 Å². The molecule has 1 N–H and O–H groups in total. The van der Waals surface area contributed by atoms with Crippen LogP contribution in [-0.2, 0) is 4.79 Å². The Balaban J connectivity index is 2.87. The summed E-state index contributed by atoms with van der Waals surface area (Å²) < 4.78 is 0.438. The average Bonchev–Trinajstić information content (AvgIpc) is 2.08. The van der Waals surface area contributed by atoms with Crippen molar-refractivity contribution in [1.82, 2.24) is 0 Å². The van der Waals surface area contributed by atoms with Crippen LogP contribution in [0.3, 0.4) is 0 Å². The molecule has 0 fully saturated rings. The van der Waals surface area contributed by atoms with Gasteiger partial charge in [-0.05, 0) is 54.6 Å². The number of benzene rings is 1. The zero-order valence-corrected chi connectivity index (χ0v) is 12.8. The second kappa shape index (κ2) is 5.01. The van der Waals surface area contributed by atoms with E-state index in [2.05, 4.69) is 43.8 Å². The zero-order valence-electron chi connectivity index (χ0n) is 8.27. The Morgan fingerprint density at radius 3 is 2.60 bits per heavy atom. The lowest BCUT2D eigenvalue weighted by atomic mass is 10.2. The first-order valence-electron chi connectivity index (χ1n) is 4.26. The van der Waals surface area contributed by atoms with Crippen LogP contribution in [0.1, 0.15) is 13.8 Å². The van der Waals surface area contributed by atoms with Crippen molar-refractivity contribution < 1.29 is 4.79 Å². The first-order chi connectivity index (χ1) is 6.80. The van der Waals surface area contributed by atoms with Gasteiger partial charge in [-0.25, -0.2) is 0 Å². The Morgan fingerprint density at radius 1 is 1.53 bits per heavy atom. The van der Waals surface area contributed by atoms with E-state index >= 15 is 0 Å². The normalized spacial score (nSPS) is 11.3. The average molecular weight is 402 g/mol. The van der Waals surface area contributed by atoms with Gasteiger partial charge in [0.1, 0.15) is 0 Å². The summed E-state index contributed by atoms with van der Waals surface area (Å²) in [6.45, 7) is 3.56. The Kier molecular flexibility index (Phi) is 4.43. The summed E-state index contributed by atoms with van der Waals surface area (Å²) in [5.41, 5.74) is 0.634. The van der Waals surface area contributed by atoms with Crippen molar-refractivity contribution in [1.29, 1.82) is 0 Å². The Labute approximate surface area is 116 Å². The highest BCUT2D eigenvalue weighted by atomic mass is 127. The van der Waals surface area contributed by atoms with Gasteiger partial charge in [0.15, 0.2) is 0 Å². The molecule has 0 atom stereocenters. The van der Waals surface area contributed by atoms with Gasteiger partial charge in [0.25, 0.3) is 0 Å². The van der Waals surface area contributed by atoms with Gasteiger partial charge in [0.2, 0.25) is 5.91 Å².